The molecule has 0 aromatic heterocycles. The molecule has 0 aromatic rings. The second-order valence-electron chi connectivity index (χ2n) is 4.42. The van der Waals surface area contributed by atoms with Crippen LogP contribution in [0.3, 0.4) is 0 Å². The van der Waals surface area contributed by atoms with Gasteiger partial charge in [-0.15, -0.1) is 0 Å². The van der Waals surface area contributed by atoms with Gasteiger partial charge in [-0.1, -0.05) is 0 Å². The molecule has 2 aliphatic heterocycles. The number of likely N-dealkylation sites (tertiary alicyclic amines) is 1. The molecule has 86 valence electrons. The summed E-state index contributed by atoms with van der Waals surface area (Å²) < 4.78 is 5.43. The van der Waals surface area contributed by atoms with E-state index >= 15 is 0 Å². The Bertz CT molecular complexity index is 227. The van der Waals surface area contributed by atoms with Crippen molar-refractivity contribution in [1.29, 1.82) is 0 Å². The minimum atomic E-state index is -0.183. The van der Waals surface area contributed by atoms with E-state index in [4.69, 9.17) is 10.5 Å². The van der Waals surface area contributed by atoms with Gasteiger partial charge in [-0.25, -0.2) is 0 Å². The molecule has 2 fully saturated rings. The number of ether oxygens (including phenoxy) is 1. The number of amides is 1. The van der Waals surface area contributed by atoms with Gasteiger partial charge in [-0.05, 0) is 32.1 Å². The number of nitrogens with zero attached hydrogens (tertiary/aromatic N) is 1. The van der Waals surface area contributed by atoms with Crippen molar-refractivity contribution in [2.24, 2.45) is 5.73 Å². The van der Waals surface area contributed by atoms with E-state index in [1.807, 2.05) is 4.90 Å². The van der Waals surface area contributed by atoms with Gasteiger partial charge in [-0.3, -0.25) is 4.79 Å². The maximum Gasteiger partial charge on any atom is 0.251 e. The van der Waals surface area contributed by atoms with E-state index in [2.05, 4.69) is 0 Å². The summed E-state index contributed by atoms with van der Waals surface area (Å²) in [6, 6.07) is 0.246. The average molecular weight is 212 g/mol. The zero-order chi connectivity index (χ0) is 10.7. The Morgan fingerprint density at radius 3 is 2.87 bits per heavy atom. The van der Waals surface area contributed by atoms with E-state index in [1.165, 1.54) is 6.42 Å². The van der Waals surface area contributed by atoms with Gasteiger partial charge in [0.2, 0.25) is 0 Å². The number of nitrogens with two attached hydrogens (primary N) is 1. The normalized spacial score (nSPS) is 31.9. The minimum Gasteiger partial charge on any atom is -0.368 e. The fourth-order valence-corrected chi connectivity index (χ4v) is 2.49. The highest BCUT2D eigenvalue weighted by atomic mass is 16.5. The van der Waals surface area contributed by atoms with Crippen LogP contribution in [0.1, 0.15) is 32.1 Å². The number of carbonyl (C=O) groups is 1. The first-order valence-electron chi connectivity index (χ1n) is 5.95. The molecule has 2 heterocycles. The molecule has 0 bridgehead atoms. The molecule has 2 saturated heterocycles. The van der Waals surface area contributed by atoms with Crippen LogP contribution >= 0.6 is 0 Å². The number of carbonyl (C=O) groups excluding carboxylic acids is 1. The van der Waals surface area contributed by atoms with Crippen LogP contribution in [0, 0.1) is 0 Å². The van der Waals surface area contributed by atoms with Crippen molar-refractivity contribution in [3.8, 4) is 0 Å². The molecule has 0 aromatic carbocycles. The standard InChI is InChI=1S/C11H20N2O2/c12-8-9-4-1-2-6-13(9)11(14)10-5-3-7-15-10/h9-10H,1-8,12H2/t9?,10-/m0/s1. The first kappa shape index (κ1) is 10.9. The molecule has 0 spiro atoms. The Balaban J connectivity index is 1.96. The third kappa shape index (κ3) is 2.32. The van der Waals surface area contributed by atoms with Crippen molar-refractivity contribution < 1.29 is 9.53 Å². The maximum absolute atomic E-state index is 12.1. The van der Waals surface area contributed by atoms with Crippen molar-refractivity contribution in [3.05, 3.63) is 0 Å². The quantitative estimate of drug-likeness (QED) is 0.725. The summed E-state index contributed by atoms with van der Waals surface area (Å²) >= 11 is 0. The van der Waals surface area contributed by atoms with Gasteiger partial charge in [0.25, 0.3) is 5.91 Å². The van der Waals surface area contributed by atoms with E-state index in [9.17, 15) is 4.79 Å². The molecule has 1 amide bonds. The summed E-state index contributed by atoms with van der Waals surface area (Å²) in [5.74, 6) is 0.169. The van der Waals surface area contributed by atoms with Crippen molar-refractivity contribution in [2.75, 3.05) is 19.7 Å². The van der Waals surface area contributed by atoms with Crippen LogP contribution in [0.2, 0.25) is 0 Å². The number of hydrogen-bond donors (Lipinski definition) is 1. The predicted octanol–water partition coefficient (Wildman–Crippen LogP) is 0.505. The van der Waals surface area contributed by atoms with Crippen molar-refractivity contribution >= 4 is 5.91 Å². The molecule has 0 saturated carbocycles. The summed E-state index contributed by atoms with van der Waals surface area (Å²) in [7, 11) is 0. The van der Waals surface area contributed by atoms with Gasteiger partial charge in [0.15, 0.2) is 0 Å². The summed E-state index contributed by atoms with van der Waals surface area (Å²) in [5, 5.41) is 0. The molecule has 0 radical (unpaired) electrons. The highest BCUT2D eigenvalue weighted by Crippen LogP contribution is 2.21. The molecule has 1 unspecified atom stereocenters. The first-order chi connectivity index (χ1) is 7.33. The molecule has 2 atom stereocenters. The summed E-state index contributed by atoms with van der Waals surface area (Å²) in [4.78, 5) is 14.1. The van der Waals surface area contributed by atoms with Gasteiger partial charge in [-0.2, -0.15) is 0 Å². The molecule has 4 nitrogen and oxygen atoms in total. The Kier molecular flexibility index (Phi) is 3.59. The molecular formula is C11H20N2O2. The zero-order valence-corrected chi connectivity index (χ0v) is 9.15. The van der Waals surface area contributed by atoms with Crippen molar-refractivity contribution in [1.82, 2.24) is 4.90 Å². The second-order valence-corrected chi connectivity index (χ2v) is 4.42. The van der Waals surface area contributed by atoms with Gasteiger partial charge in [0.1, 0.15) is 6.10 Å². The lowest BCUT2D eigenvalue weighted by Crippen LogP contribution is -2.50. The van der Waals surface area contributed by atoms with Crippen molar-refractivity contribution in [2.45, 2.75) is 44.2 Å². The topological polar surface area (TPSA) is 55.6 Å². The molecule has 2 rings (SSSR count). The van der Waals surface area contributed by atoms with Crippen LogP contribution < -0.4 is 5.73 Å². The number of hydrogen-bond acceptors (Lipinski definition) is 3. The third-order valence-corrected chi connectivity index (χ3v) is 3.39. The molecule has 0 aliphatic carbocycles. The fraction of sp³-hybridized carbons (Fsp3) is 0.909. The molecule has 2 N–H and O–H groups in total. The molecule has 15 heavy (non-hydrogen) atoms. The first-order valence-corrected chi connectivity index (χ1v) is 5.95. The Morgan fingerprint density at radius 1 is 1.33 bits per heavy atom. The van der Waals surface area contributed by atoms with E-state index in [1.54, 1.807) is 0 Å². The predicted molar refractivity (Wildman–Crippen MR) is 57.4 cm³/mol. The zero-order valence-electron chi connectivity index (χ0n) is 9.15. The molecular weight excluding hydrogens is 192 g/mol. The van der Waals surface area contributed by atoms with Crippen LogP contribution in [-0.2, 0) is 9.53 Å². The SMILES string of the molecule is NCC1CCCCN1C(=O)[C@@H]1CCCO1. The van der Waals surface area contributed by atoms with Crippen LogP contribution in [0.25, 0.3) is 0 Å². The van der Waals surface area contributed by atoms with Crippen LogP contribution in [0.4, 0.5) is 0 Å². The number of piperidine rings is 1. The minimum absolute atomic E-state index is 0.169. The van der Waals surface area contributed by atoms with E-state index in [0.717, 1.165) is 38.8 Å². The monoisotopic (exact) mass is 212 g/mol. The van der Waals surface area contributed by atoms with Gasteiger partial charge < -0.3 is 15.4 Å². The summed E-state index contributed by atoms with van der Waals surface area (Å²) in [5.41, 5.74) is 5.70. The van der Waals surface area contributed by atoms with Crippen LogP contribution in [0.5, 0.6) is 0 Å². The third-order valence-electron chi connectivity index (χ3n) is 3.39. The summed E-state index contributed by atoms with van der Waals surface area (Å²) in [6.07, 6.45) is 5.06. The average Bonchev–Trinajstić information content (AvgIpc) is 2.81. The van der Waals surface area contributed by atoms with E-state index in [-0.39, 0.29) is 18.1 Å². The lowest BCUT2D eigenvalue weighted by molar-refractivity contribution is -0.144. The lowest BCUT2D eigenvalue weighted by atomic mass is 10.0. The lowest BCUT2D eigenvalue weighted by Gasteiger charge is -2.36. The van der Waals surface area contributed by atoms with Crippen molar-refractivity contribution in [3.63, 3.8) is 0 Å². The van der Waals surface area contributed by atoms with Crippen LogP contribution in [0.15, 0.2) is 0 Å². The largest absolute Gasteiger partial charge is 0.368 e. The summed E-state index contributed by atoms with van der Waals surface area (Å²) in [6.45, 7) is 2.18. The van der Waals surface area contributed by atoms with Gasteiger partial charge >= 0.3 is 0 Å². The fourth-order valence-electron chi connectivity index (χ4n) is 2.49. The van der Waals surface area contributed by atoms with E-state index in [0.29, 0.717) is 6.54 Å². The molecule has 2 aliphatic rings. The Morgan fingerprint density at radius 2 is 2.20 bits per heavy atom. The highest BCUT2D eigenvalue weighted by molar-refractivity contribution is 5.81. The highest BCUT2D eigenvalue weighted by Gasteiger charge is 2.32. The van der Waals surface area contributed by atoms with E-state index < -0.39 is 0 Å². The van der Waals surface area contributed by atoms with Gasteiger partial charge in [0.05, 0.1) is 0 Å². The Hall–Kier alpha value is -0.610. The Labute approximate surface area is 90.8 Å². The van der Waals surface area contributed by atoms with Gasteiger partial charge in [0, 0.05) is 25.7 Å². The molecule has 4 heteroatoms. The number of rotatable bonds is 2. The second kappa shape index (κ2) is 4.94. The maximum atomic E-state index is 12.1. The van der Waals surface area contributed by atoms with Crippen LogP contribution in [-0.4, -0.2) is 42.6 Å². The smallest absolute Gasteiger partial charge is 0.251 e.